The fourth-order valence-corrected chi connectivity index (χ4v) is 4.85. The van der Waals surface area contributed by atoms with Gasteiger partial charge in [-0.3, -0.25) is 25.7 Å². The van der Waals surface area contributed by atoms with Crippen LogP contribution in [0.3, 0.4) is 0 Å². The number of nitro groups is 1. The van der Waals surface area contributed by atoms with Crippen LogP contribution in [-0.4, -0.2) is 43.9 Å². The van der Waals surface area contributed by atoms with E-state index in [-0.39, 0.29) is 16.4 Å². The number of anilines is 1. The van der Waals surface area contributed by atoms with Crippen LogP contribution < -0.4 is 15.6 Å². The van der Waals surface area contributed by atoms with Crippen LogP contribution in [0.4, 0.5) is 11.4 Å². The van der Waals surface area contributed by atoms with E-state index in [1.807, 2.05) is 42.2 Å². The van der Waals surface area contributed by atoms with Crippen LogP contribution in [0.2, 0.25) is 0 Å². The molecular weight excluding hydrogens is 486 g/mol. The van der Waals surface area contributed by atoms with Crippen molar-refractivity contribution in [3.63, 3.8) is 0 Å². The maximum absolute atomic E-state index is 12.8. The number of thiocarbonyl (C=S) groups is 1. The number of nitrogens with zero attached hydrogens (tertiary/aromatic N) is 5. The van der Waals surface area contributed by atoms with Crippen molar-refractivity contribution in [2.75, 3.05) is 23.4 Å². The summed E-state index contributed by atoms with van der Waals surface area (Å²) in [7, 11) is 0. The van der Waals surface area contributed by atoms with Gasteiger partial charge in [0, 0.05) is 36.9 Å². The zero-order chi connectivity index (χ0) is 24.8. The molecule has 0 radical (unpaired) electrons. The first kappa shape index (κ1) is 24.6. The van der Waals surface area contributed by atoms with Gasteiger partial charge in [0.1, 0.15) is 5.69 Å². The van der Waals surface area contributed by atoms with E-state index < -0.39 is 10.8 Å². The minimum Gasteiger partial charge on any atom is -0.366 e. The quantitative estimate of drug-likeness (QED) is 0.201. The number of benzene rings is 2. The molecule has 182 valence electrons. The third-order valence-corrected chi connectivity index (χ3v) is 6.74. The van der Waals surface area contributed by atoms with Crippen molar-refractivity contribution in [2.24, 2.45) is 0 Å². The van der Waals surface area contributed by atoms with Crippen LogP contribution in [0, 0.1) is 10.1 Å². The number of nitrogens with one attached hydrogen (secondary N) is 2. The number of carbonyl (C=O) groups is 1. The first-order valence-corrected chi connectivity index (χ1v) is 12.6. The maximum Gasteiger partial charge on any atom is 0.293 e. The van der Waals surface area contributed by atoms with Crippen molar-refractivity contribution < 1.29 is 9.72 Å². The molecule has 2 aromatic carbocycles. The molecule has 4 rings (SSSR count). The number of carbonyl (C=O) groups excluding carboxylic acids is 1. The Labute approximate surface area is 212 Å². The molecule has 1 aliphatic heterocycles. The van der Waals surface area contributed by atoms with E-state index >= 15 is 0 Å². The lowest BCUT2D eigenvalue weighted by molar-refractivity contribution is -0.384. The summed E-state index contributed by atoms with van der Waals surface area (Å²) in [4.78, 5) is 26.0. The molecule has 1 fully saturated rings. The van der Waals surface area contributed by atoms with Gasteiger partial charge >= 0.3 is 0 Å². The molecule has 12 heteroatoms. The molecule has 0 bridgehead atoms. The Bertz CT molecular complexity index is 1230. The third kappa shape index (κ3) is 5.95. The Balaban J connectivity index is 1.45. The van der Waals surface area contributed by atoms with Crippen molar-refractivity contribution in [3.8, 4) is 0 Å². The lowest BCUT2D eigenvalue weighted by atomic mass is 10.1. The molecule has 0 aliphatic carbocycles. The summed E-state index contributed by atoms with van der Waals surface area (Å²) < 4.78 is 1.65. The predicted molar refractivity (Wildman–Crippen MR) is 139 cm³/mol. The number of nitro benzene ring substituents is 1. The Morgan fingerprint density at radius 1 is 1.17 bits per heavy atom. The summed E-state index contributed by atoms with van der Waals surface area (Å²) in [5, 5.41) is 23.3. The fourth-order valence-electron chi connectivity index (χ4n) is 3.80. The molecule has 1 aromatic heterocycles. The third-order valence-electron chi connectivity index (χ3n) is 5.55. The second kappa shape index (κ2) is 11.3. The van der Waals surface area contributed by atoms with Gasteiger partial charge in [-0.15, -0.1) is 10.2 Å². The van der Waals surface area contributed by atoms with Crippen molar-refractivity contribution in [2.45, 2.75) is 37.1 Å². The van der Waals surface area contributed by atoms with E-state index in [2.05, 4.69) is 20.9 Å². The van der Waals surface area contributed by atoms with Gasteiger partial charge in [-0.25, -0.2) is 4.68 Å². The van der Waals surface area contributed by atoms with Gasteiger partial charge in [0.25, 0.3) is 11.6 Å². The molecule has 1 aliphatic rings. The molecule has 1 saturated heterocycles. The van der Waals surface area contributed by atoms with Crippen LogP contribution in [0.25, 0.3) is 0 Å². The minimum absolute atomic E-state index is 0.0392. The van der Waals surface area contributed by atoms with Crippen molar-refractivity contribution in [1.29, 1.82) is 0 Å². The van der Waals surface area contributed by atoms with Crippen LogP contribution in [0.15, 0.2) is 53.7 Å². The first-order chi connectivity index (χ1) is 17.0. The Hall–Kier alpha value is -3.51. The van der Waals surface area contributed by atoms with E-state index in [0.717, 1.165) is 31.5 Å². The van der Waals surface area contributed by atoms with Crippen molar-refractivity contribution >= 4 is 46.4 Å². The van der Waals surface area contributed by atoms with Gasteiger partial charge in [-0.2, -0.15) is 0 Å². The average Bonchev–Trinajstić information content (AvgIpc) is 3.53. The molecule has 1 amide bonds. The summed E-state index contributed by atoms with van der Waals surface area (Å²) >= 11 is 6.84. The summed E-state index contributed by atoms with van der Waals surface area (Å²) in [5.74, 6) is 0.808. The summed E-state index contributed by atoms with van der Waals surface area (Å²) in [6, 6.07) is 14.5. The number of amides is 1. The second-order valence-electron chi connectivity index (χ2n) is 7.91. The minimum atomic E-state index is -0.539. The lowest BCUT2D eigenvalue weighted by Crippen LogP contribution is -2.38. The molecule has 10 nitrogen and oxygen atoms in total. The average molecular weight is 512 g/mol. The number of aromatic nitrogens is 3. The van der Waals surface area contributed by atoms with E-state index in [4.69, 9.17) is 12.2 Å². The molecule has 35 heavy (non-hydrogen) atoms. The van der Waals surface area contributed by atoms with E-state index in [0.29, 0.717) is 28.8 Å². The summed E-state index contributed by atoms with van der Waals surface area (Å²) in [6.45, 7) is 3.48. The van der Waals surface area contributed by atoms with Gasteiger partial charge < -0.3 is 4.90 Å². The van der Waals surface area contributed by atoms with Crippen LogP contribution >= 0.6 is 24.0 Å². The molecule has 0 unspecified atom stereocenters. The number of rotatable bonds is 8. The molecule has 0 saturated carbocycles. The van der Waals surface area contributed by atoms with Crippen LogP contribution in [-0.2, 0) is 12.2 Å². The predicted octanol–water partition coefficient (Wildman–Crippen LogP) is 3.90. The molecule has 0 atom stereocenters. The van der Waals surface area contributed by atoms with E-state index in [9.17, 15) is 14.9 Å². The number of thioether (sulfide) groups is 1. The van der Waals surface area contributed by atoms with Gasteiger partial charge in [0.05, 0.1) is 4.92 Å². The number of aryl methyl sites for hydroxylation is 1. The van der Waals surface area contributed by atoms with Crippen LogP contribution in [0.5, 0.6) is 0 Å². The maximum atomic E-state index is 12.8. The van der Waals surface area contributed by atoms with Gasteiger partial charge in [-0.05, 0) is 42.8 Å². The monoisotopic (exact) mass is 511 g/mol. The molecule has 0 spiro atoms. The second-order valence-corrected chi connectivity index (χ2v) is 9.26. The SMILES string of the molecule is CCc1nnc(SCc2ccccc2)n1NC(=S)NC(=O)c1ccc(N2CCCC2)c([N+](=O)[O-])c1. The first-order valence-electron chi connectivity index (χ1n) is 11.2. The van der Waals surface area contributed by atoms with E-state index in [1.54, 1.807) is 16.8 Å². The topological polar surface area (TPSA) is 118 Å². The fraction of sp³-hybridized carbons (Fsp3) is 0.304. The van der Waals surface area contributed by atoms with Gasteiger partial charge in [0.15, 0.2) is 10.9 Å². The Morgan fingerprint density at radius 2 is 1.91 bits per heavy atom. The van der Waals surface area contributed by atoms with Crippen LogP contribution in [0.1, 0.15) is 41.5 Å². The van der Waals surface area contributed by atoms with Crippen molar-refractivity contribution in [3.05, 3.63) is 75.6 Å². The number of hydrogen-bond donors (Lipinski definition) is 2. The van der Waals surface area contributed by atoms with Crippen molar-refractivity contribution in [1.82, 2.24) is 20.2 Å². The summed E-state index contributed by atoms with van der Waals surface area (Å²) in [6.07, 6.45) is 2.59. The highest BCUT2D eigenvalue weighted by Crippen LogP contribution is 2.31. The molecule has 3 aromatic rings. The standard InChI is InChI=1S/C23H25N7O3S2/c1-2-20-25-26-23(35-15-16-8-4-3-5-9-16)29(20)27-22(34)24-21(31)17-10-11-18(19(14-17)30(32)33)28-12-6-7-13-28/h3-5,8-11,14H,2,6-7,12-13,15H2,1H3,(H2,24,27,31,34). The highest BCUT2D eigenvalue weighted by molar-refractivity contribution is 7.98. The Kier molecular flexibility index (Phi) is 7.93. The molecule has 2 heterocycles. The molecular formula is C23H25N7O3S2. The normalized spacial score (nSPS) is 13.0. The van der Waals surface area contributed by atoms with Gasteiger partial charge in [0.2, 0.25) is 5.16 Å². The van der Waals surface area contributed by atoms with Gasteiger partial charge in [-0.1, -0.05) is 49.0 Å². The molecule has 2 N–H and O–H groups in total. The van der Waals surface area contributed by atoms with E-state index in [1.165, 1.54) is 17.8 Å². The largest absolute Gasteiger partial charge is 0.366 e. The lowest BCUT2D eigenvalue weighted by Gasteiger charge is -2.18. The Morgan fingerprint density at radius 3 is 2.60 bits per heavy atom. The highest BCUT2D eigenvalue weighted by atomic mass is 32.2. The smallest absolute Gasteiger partial charge is 0.293 e. The zero-order valence-electron chi connectivity index (χ0n) is 19.1. The highest BCUT2D eigenvalue weighted by Gasteiger charge is 2.24. The summed E-state index contributed by atoms with van der Waals surface area (Å²) in [5.41, 5.74) is 4.70. The zero-order valence-corrected chi connectivity index (χ0v) is 20.8. The number of hydrogen-bond acceptors (Lipinski definition) is 8.